The monoisotopic (exact) mass is 459 g/mol. The van der Waals surface area contributed by atoms with Gasteiger partial charge in [0.15, 0.2) is 0 Å². The van der Waals surface area contributed by atoms with Crippen LogP contribution in [0, 0.1) is 6.92 Å². The lowest BCUT2D eigenvalue weighted by Crippen LogP contribution is -2.16. The lowest BCUT2D eigenvalue weighted by molar-refractivity contribution is 0.551. The molecule has 4 rings (SSSR count). The molecule has 1 heterocycles. The molecule has 0 saturated heterocycles. The highest BCUT2D eigenvalue weighted by atomic mass is 32.1. The molecule has 0 aliphatic heterocycles. The number of nitrogens with zero attached hydrogens (tertiary/aromatic N) is 3. The highest BCUT2D eigenvalue weighted by Gasteiger charge is 2.20. The van der Waals surface area contributed by atoms with Crippen molar-refractivity contribution in [1.29, 1.82) is 0 Å². The minimum Gasteiger partial charge on any atom is -0.366 e. The van der Waals surface area contributed by atoms with Crippen molar-refractivity contribution in [2.75, 3.05) is 13.6 Å². The maximum Gasteiger partial charge on any atom is 0.0976 e. The first kappa shape index (κ1) is 23.7. The molecule has 33 heavy (non-hydrogen) atoms. The van der Waals surface area contributed by atoms with E-state index in [1.807, 2.05) is 6.34 Å². The summed E-state index contributed by atoms with van der Waals surface area (Å²) in [5.41, 5.74) is 10.4. The molecule has 0 bridgehead atoms. The van der Waals surface area contributed by atoms with Crippen LogP contribution >= 0.6 is 11.3 Å². The fourth-order valence-electron chi connectivity index (χ4n) is 4.46. The van der Waals surface area contributed by atoms with Crippen molar-refractivity contribution >= 4 is 23.4 Å². The summed E-state index contributed by atoms with van der Waals surface area (Å²) in [6.45, 7) is 12.1. The molecule has 0 unspecified atom stereocenters. The van der Waals surface area contributed by atoms with E-state index in [-0.39, 0.29) is 5.41 Å². The second kappa shape index (κ2) is 9.80. The van der Waals surface area contributed by atoms with Gasteiger partial charge in [0.05, 0.1) is 22.7 Å². The van der Waals surface area contributed by atoms with Gasteiger partial charge in [-0.1, -0.05) is 39.0 Å². The van der Waals surface area contributed by atoms with Crippen LogP contribution in [0.5, 0.6) is 0 Å². The number of thiazole rings is 1. The molecule has 4 heteroatoms. The maximum absolute atomic E-state index is 5.03. The van der Waals surface area contributed by atoms with Crippen molar-refractivity contribution in [2.24, 2.45) is 4.99 Å². The predicted molar refractivity (Wildman–Crippen MR) is 143 cm³/mol. The van der Waals surface area contributed by atoms with E-state index < -0.39 is 0 Å². The summed E-state index contributed by atoms with van der Waals surface area (Å²) in [5, 5.41) is 3.40. The van der Waals surface area contributed by atoms with Gasteiger partial charge in [0.2, 0.25) is 0 Å². The Labute approximate surface area is 203 Å². The smallest absolute Gasteiger partial charge is 0.0976 e. The SMILES string of the molecule is CCN(C)C=Nc1cc(C)c(Cc2nc(-c3ccc4c(c3)CCCC4)cs2)cc1C(C)(C)C. The third-order valence-electron chi connectivity index (χ3n) is 6.69. The van der Waals surface area contributed by atoms with Gasteiger partial charge in [0, 0.05) is 31.0 Å². The molecule has 174 valence electrons. The van der Waals surface area contributed by atoms with E-state index in [4.69, 9.17) is 9.98 Å². The number of rotatable bonds is 6. The standard InChI is InChI=1S/C29H37N3S/c1-7-32(6)19-30-26-14-20(2)24(16-25(26)29(3,4)5)17-28-31-27(18-33-28)23-13-12-21-10-8-9-11-22(21)15-23/h12-16,18-19H,7-11,17H2,1-6H3. The van der Waals surface area contributed by atoms with Crippen molar-refractivity contribution in [3.05, 3.63) is 68.5 Å². The average molecular weight is 460 g/mol. The van der Waals surface area contributed by atoms with E-state index in [0.717, 1.165) is 24.3 Å². The number of hydrogen-bond donors (Lipinski definition) is 0. The lowest BCUT2D eigenvalue weighted by Gasteiger charge is -2.23. The van der Waals surface area contributed by atoms with Crippen LogP contribution in [0.2, 0.25) is 0 Å². The molecule has 0 fully saturated rings. The van der Waals surface area contributed by atoms with Gasteiger partial charge >= 0.3 is 0 Å². The number of aryl methyl sites for hydroxylation is 3. The second-order valence-electron chi connectivity index (χ2n) is 10.4. The van der Waals surface area contributed by atoms with Crippen molar-refractivity contribution in [3.63, 3.8) is 0 Å². The van der Waals surface area contributed by atoms with Crippen molar-refractivity contribution in [3.8, 4) is 11.3 Å². The van der Waals surface area contributed by atoms with E-state index in [9.17, 15) is 0 Å². The minimum atomic E-state index is 0.0249. The molecule has 2 aromatic carbocycles. The fourth-order valence-corrected chi connectivity index (χ4v) is 5.28. The Hall–Kier alpha value is -2.46. The largest absolute Gasteiger partial charge is 0.366 e. The third-order valence-corrected chi connectivity index (χ3v) is 7.54. The van der Waals surface area contributed by atoms with Gasteiger partial charge in [0.25, 0.3) is 0 Å². The van der Waals surface area contributed by atoms with E-state index in [1.54, 1.807) is 11.3 Å². The zero-order valence-corrected chi connectivity index (χ0v) is 21.9. The molecular formula is C29H37N3S. The van der Waals surface area contributed by atoms with Gasteiger partial charge in [-0.15, -0.1) is 11.3 Å². The number of aromatic nitrogens is 1. The summed E-state index contributed by atoms with van der Waals surface area (Å²) in [5.74, 6) is 0. The van der Waals surface area contributed by atoms with Crippen LogP contribution in [0.15, 0.2) is 40.7 Å². The molecule has 0 saturated carbocycles. The van der Waals surface area contributed by atoms with Crippen LogP contribution < -0.4 is 0 Å². The Morgan fingerprint density at radius 2 is 1.85 bits per heavy atom. The second-order valence-corrected chi connectivity index (χ2v) is 11.3. The summed E-state index contributed by atoms with van der Waals surface area (Å²) in [7, 11) is 2.06. The van der Waals surface area contributed by atoms with E-state index in [0.29, 0.717) is 0 Å². The molecule has 0 atom stereocenters. The first-order valence-corrected chi connectivity index (χ1v) is 13.1. The molecule has 1 aliphatic carbocycles. The van der Waals surface area contributed by atoms with Gasteiger partial charge in [-0.3, -0.25) is 0 Å². The Bertz CT molecular complexity index is 1150. The summed E-state index contributed by atoms with van der Waals surface area (Å²) in [4.78, 5) is 12.0. The van der Waals surface area contributed by atoms with Crippen LogP contribution in [0.3, 0.4) is 0 Å². The molecule has 1 aliphatic rings. The zero-order chi connectivity index (χ0) is 23.6. The summed E-state index contributed by atoms with van der Waals surface area (Å²) < 4.78 is 0. The average Bonchev–Trinajstić information content (AvgIpc) is 3.26. The summed E-state index contributed by atoms with van der Waals surface area (Å²) >= 11 is 1.77. The van der Waals surface area contributed by atoms with Gasteiger partial charge < -0.3 is 4.90 Å². The zero-order valence-electron chi connectivity index (χ0n) is 21.0. The van der Waals surface area contributed by atoms with Gasteiger partial charge in [-0.05, 0) is 84.9 Å². The fraction of sp³-hybridized carbons (Fsp3) is 0.448. The molecular weight excluding hydrogens is 422 g/mol. The van der Waals surface area contributed by atoms with Crippen LogP contribution in [0.25, 0.3) is 11.3 Å². The first-order chi connectivity index (χ1) is 15.7. The van der Waals surface area contributed by atoms with Crippen molar-refractivity contribution in [1.82, 2.24) is 9.88 Å². The van der Waals surface area contributed by atoms with Crippen LogP contribution in [-0.4, -0.2) is 29.8 Å². The van der Waals surface area contributed by atoms with E-state index >= 15 is 0 Å². The van der Waals surface area contributed by atoms with Gasteiger partial charge in [-0.25, -0.2) is 9.98 Å². The Morgan fingerprint density at radius 1 is 1.09 bits per heavy atom. The molecule has 0 N–H and O–H groups in total. The number of hydrogen-bond acceptors (Lipinski definition) is 3. The highest BCUT2D eigenvalue weighted by molar-refractivity contribution is 7.10. The van der Waals surface area contributed by atoms with Gasteiger partial charge in [-0.2, -0.15) is 0 Å². The number of aliphatic imine (C=N–C) groups is 1. The summed E-state index contributed by atoms with van der Waals surface area (Å²) in [6.07, 6.45) is 7.87. The van der Waals surface area contributed by atoms with E-state index in [2.05, 4.69) is 82.3 Å². The third kappa shape index (κ3) is 5.55. The molecule has 3 nitrogen and oxygen atoms in total. The Morgan fingerprint density at radius 3 is 2.58 bits per heavy atom. The van der Waals surface area contributed by atoms with Crippen LogP contribution in [-0.2, 0) is 24.7 Å². The lowest BCUT2D eigenvalue weighted by atomic mass is 9.83. The molecule has 3 aromatic rings. The number of benzene rings is 2. The highest BCUT2D eigenvalue weighted by Crippen LogP contribution is 2.35. The quantitative estimate of drug-likeness (QED) is 0.282. The van der Waals surface area contributed by atoms with Crippen LogP contribution in [0.1, 0.15) is 73.4 Å². The van der Waals surface area contributed by atoms with Gasteiger partial charge in [0.1, 0.15) is 0 Å². The maximum atomic E-state index is 5.03. The van der Waals surface area contributed by atoms with Crippen LogP contribution in [0.4, 0.5) is 5.69 Å². The van der Waals surface area contributed by atoms with E-state index in [1.165, 1.54) is 64.1 Å². The summed E-state index contributed by atoms with van der Waals surface area (Å²) in [6, 6.07) is 11.5. The molecule has 0 spiro atoms. The first-order valence-electron chi connectivity index (χ1n) is 12.2. The Kier molecular flexibility index (Phi) is 7.04. The Balaban J connectivity index is 1.61. The van der Waals surface area contributed by atoms with Crippen molar-refractivity contribution in [2.45, 2.75) is 72.1 Å². The van der Waals surface area contributed by atoms with Crippen molar-refractivity contribution < 1.29 is 0 Å². The predicted octanol–water partition coefficient (Wildman–Crippen LogP) is 7.50. The normalized spacial score (nSPS) is 14.0. The minimum absolute atomic E-state index is 0.0249. The topological polar surface area (TPSA) is 28.5 Å². The molecule has 1 aromatic heterocycles. The molecule has 0 amide bonds. The molecule has 0 radical (unpaired) electrons. The number of fused-ring (bicyclic) bond motifs is 1.